The van der Waals surface area contributed by atoms with Gasteiger partial charge in [0, 0.05) is 11.1 Å². The lowest BCUT2D eigenvalue weighted by molar-refractivity contribution is -0.115. The number of carbonyl (C=O) groups is 2. The highest BCUT2D eigenvalue weighted by Crippen LogP contribution is 2.22. The Morgan fingerprint density at radius 2 is 2.10 bits per heavy atom. The van der Waals surface area contributed by atoms with Crippen molar-refractivity contribution < 1.29 is 14.3 Å². The average molecular weight is 305 g/mol. The summed E-state index contributed by atoms with van der Waals surface area (Å²) in [5.41, 5.74) is 1.20. The first-order valence-corrected chi connectivity index (χ1v) is 7.09. The average Bonchev–Trinajstić information content (AvgIpc) is 2.83. The quantitative estimate of drug-likeness (QED) is 0.857. The highest BCUT2D eigenvalue weighted by atomic mass is 32.1. The number of methoxy groups -OCH3 is 1. The van der Waals surface area contributed by atoms with Crippen molar-refractivity contribution in [3.8, 4) is 5.75 Å². The van der Waals surface area contributed by atoms with Crippen LogP contribution in [0.2, 0.25) is 0 Å². The number of ether oxygens (including phenoxy) is 1. The summed E-state index contributed by atoms with van der Waals surface area (Å²) >= 11 is 1.31. The Bertz CT molecular complexity index is 682. The number of benzene rings is 1. The van der Waals surface area contributed by atoms with Crippen LogP contribution in [0.15, 0.2) is 18.2 Å². The molecular weight excluding hydrogens is 290 g/mol. The van der Waals surface area contributed by atoms with E-state index < -0.39 is 0 Å². The van der Waals surface area contributed by atoms with Gasteiger partial charge < -0.3 is 10.1 Å². The van der Waals surface area contributed by atoms with Gasteiger partial charge in [-0.1, -0.05) is 11.3 Å². The molecule has 2 rings (SSSR count). The molecule has 0 aliphatic carbocycles. The molecule has 0 atom stereocenters. The van der Waals surface area contributed by atoms with Crippen molar-refractivity contribution in [1.82, 2.24) is 10.2 Å². The van der Waals surface area contributed by atoms with E-state index in [-0.39, 0.29) is 18.1 Å². The fraction of sp³-hybridized carbons (Fsp3) is 0.286. The normalized spacial score (nSPS) is 10.2. The van der Waals surface area contributed by atoms with Crippen molar-refractivity contribution in [3.05, 3.63) is 34.3 Å². The maximum atomic E-state index is 12.0. The summed E-state index contributed by atoms with van der Waals surface area (Å²) in [6, 6.07) is 5.04. The fourth-order valence-corrected chi connectivity index (χ4v) is 2.43. The molecule has 0 unspecified atom stereocenters. The Hall–Kier alpha value is -2.28. The summed E-state index contributed by atoms with van der Waals surface area (Å²) in [5.74, 6) is 0.285. The van der Waals surface area contributed by atoms with Gasteiger partial charge in [0.2, 0.25) is 11.0 Å². The van der Waals surface area contributed by atoms with E-state index in [4.69, 9.17) is 4.74 Å². The van der Waals surface area contributed by atoms with E-state index in [9.17, 15) is 9.59 Å². The Labute approximate surface area is 126 Å². The van der Waals surface area contributed by atoms with Gasteiger partial charge in [0.25, 0.3) is 0 Å². The predicted octanol–water partition coefficient (Wildman–Crippen LogP) is 2.24. The molecule has 1 aromatic carbocycles. The topological polar surface area (TPSA) is 81.2 Å². The highest BCUT2D eigenvalue weighted by molar-refractivity contribution is 7.15. The van der Waals surface area contributed by atoms with Gasteiger partial charge in [0.05, 0.1) is 13.5 Å². The molecule has 0 radical (unpaired) electrons. The summed E-state index contributed by atoms with van der Waals surface area (Å²) in [6.07, 6.45) is 0.100. The van der Waals surface area contributed by atoms with E-state index in [0.29, 0.717) is 22.0 Å². The summed E-state index contributed by atoms with van der Waals surface area (Å²) < 4.78 is 5.22. The smallest absolute Gasteiger partial charge is 0.230 e. The van der Waals surface area contributed by atoms with Crippen molar-refractivity contribution in [1.29, 1.82) is 0 Å². The molecule has 21 heavy (non-hydrogen) atoms. The SMILES string of the molecule is COc1ccc(C(C)=O)cc1CC(=O)Nc1nnc(C)s1. The van der Waals surface area contributed by atoms with Gasteiger partial charge in [-0.05, 0) is 32.0 Å². The van der Waals surface area contributed by atoms with Crippen LogP contribution in [0.4, 0.5) is 5.13 Å². The van der Waals surface area contributed by atoms with Crippen LogP contribution in [-0.4, -0.2) is 29.0 Å². The van der Waals surface area contributed by atoms with Crippen molar-refractivity contribution in [2.75, 3.05) is 12.4 Å². The second-order valence-corrected chi connectivity index (χ2v) is 5.62. The van der Waals surface area contributed by atoms with Crippen molar-refractivity contribution in [2.45, 2.75) is 20.3 Å². The molecule has 2 aromatic rings. The Kier molecular flexibility index (Phi) is 4.64. The minimum atomic E-state index is -0.231. The van der Waals surface area contributed by atoms with Crippen LogP contribution in [0.25, 0.3) is 0 Å². The van der Waals surface area contributed by atoms with Gasteiger partial charge in [0.15, 0.2) is 5.78 Å². The molecule has 0 aliphatic heterocycles. The van der Waals surface area contributed by atoms with Crippen LogP contribution in [0.5, 0.6) is 5.75 Å². The first kappa shape index (κ1) is 15.1. The van der Waals surface area contributed by atoms with Crippen LogP contribution in [0, 0.1) is 6.92 Å². The molecule has 110 valence electrons. The number of aromatic nitrogens is 2. The Morgan fingerprint density at radius 3 is 2.67 bits per heavy atom. The van der Waals surface area contributed by atoms with Crippen LogP contribution in [0.1, 0.15) is 27.9 Å². The summed E-state index contributed by atoms with van der Waals surface area (Å²) in [4.78, 5) is 23.4. The van der Waals surface area contributed by atoms with Crippen molar-refractivity contribution in [3.63, 3.8) is 0 Å². The zero-order valence-electron chi connectivity index (χ0n) is 12.0. The number of Topliss-reactive ketones (excluding diaryl/α,β-unsaturated/α-hetero) is 1. The molecule has 6 nitrogen and oxygen atoms in total. The summed E-state index contributed by atoms with van der Waals surface area (Å²) in [7, 11) is 1.53. The third kappa shape index (κ3) is 3.85. The van der Waals surface area contributed by atoms with Gasteiger partial charge in [0.1, 0.15) is 10.8 Å². The Balaban J connectivity index is 2.15. The molecule has 1 N–H and O–H groups in total. The van der Waals surface area contributed by atoms with E-state index in [1.807, 2.05) is 6.92 Å². The number of hydrogen-bond acceptors (Lipinski definition) is 6. The maximum absolute atomic E-state index is 12.0. The molecule has 1 amide bonds. The molecule has 7 heteroatoms. The van der Waals surface area contributed by atoms with Gasteiger partial charge in [-0.2, -0.15) is 0 Å². The van der Waals surface area contributed by atoms with Gasteiger partial charge in [-0.25, -0.2) is 0 Å². The van der Waals surface area contributed by atoms with Crippen LogP contribution in [0.3, 0.4) is 0 Å². The monoisotopic (exact) mass is 305 g/mol. The molecule has 0 bridgehead atoms. The van der Waals surface area contributed by atoms with Gasteiger partial charge in [-0.3, -0.25) is 9.59 Å². The molecule has 0 saturated heterocycles. The fourth-order valence-electron chi connectivity index (χ4n) is 1.82. The van der Waals surface area contributed by atoms with Crippen molar-refractivity contribution >= 4 is 28.2 Å². The van der Waals surface area contributed by atoms with E-state index in [2.05, 4.69) is 15.5 Å². The van der Waals surface area contributed by atoms with Crippen LogP contribution in [-0.2, 0) is 11.2 Å². The van der Waals surface area contributed by atoms with Gasteiger partial charge >= 0.3 is 0 Å². The number of aryl methyl sites for hydroxylation is 1. The zero-order chi connectivity index (χ0) is 15.4. The predicted molar refractivity (Wildman–Crippen MR) is 80.0 cm³/mol. The van der Waals surface area contributed by atoms with Crippen LogP contribution < -0.4 is 10.1 Å². The first-order chi connectivity index (χ1) is 9.99. The van der Waals surface area contributed by atoms with Crippen LogP contribution >= 0.6 is 11.3 Å². The lowest BCUT2D eigenvalue weighted by Crippen LogP contribution is -2.15. The minimum Gasteiger partial charge on any atom is -0.496 e. The lowest BCUT2D eigenvalue weighted by Gasteiger charge is -2.09. The number of rotatable bonds is 5. The standard InChI is InChI=1S/C14H15N3O3S/c1-8(18)10-4-5-12(20-3)11(6-10)7-13(19)15-14-17-16-9(2)21-14/h4-6H,7H2,1-3H3,(H,15,17,19). The van der Waals surface area contributed by atoms with E-state index in [0.717, 1.165) is 5.01 Å². The second kappa shape index (κ2) is 6.45. The zero-order valence-corrected chi connectivity index (χ0v) is 12.8. The molecular formula is C14H15N3O3S. The third-order valence-electron chi connectivity index (χ3n) is 2.81. The summed E-state index contributed by atoms with van der Waals surface area (Å²) in [5, 5.41) is 11.6. The van der Waals surface area contributed by atoms with Gasteiger partial charge in [-0.15, -0.1) is 10.2 Å². The molecule has 1 heterocycles. The van der Waals surface area contributed by atoms with Crippen molar-refractivity contribution in [2.24, 2.45) is 0 Å². The highest BCUT2D eigenvalue weighted by Gasteiger charge is 2.13. The number of hydrogen-bond donors (Lipinski definition) is 1. The van der Waals surface area contributed by atoms with E-state index in [1.165, 1.54) is 25.4 Å². The number of nitrogens with one attached hydrogen (secondary N) is 1. The number of ketones is 1. The summed E-state index contributed by atoms with van der Waals surface area (Å²) in [6.45, 7) is 3.29. The lowest BCUT2D eigenvalue weighted by atomic mass is 10.0. The molecule has 0 saturated carbocycles. The second-order valence-electron chi connectivity index (χ2n) is 4.43. The molecule has 0 fully saturated rings. The minimum absolute atomic E-state index is 0.0564. The van der Waals surface area contributed by atoms with E-state index in [1.54, 1.807) is 18.2 Å². The molecule has 1 aromatic heterocycles. The number of carbonyl (C=O) groups excluding carboxylic acids is 2. The maximum Gasteiger partial charge on any atom is 0.230 e. The largest absolute Gasteiger partial charge is 0.496 e. The first-order valence-electron chi connectivity index (χ1n) is 6.27. The molecule has 0 spiro atoms. The number of anilines is 1. The number of amides is 1. The Morgan fingerprint density at radius 1 is 1.33 bits per heavy atom. The molecule has 0 aliphatic rings. The van der Waals surface area contributed by atoms with E-state index >= 15 is 0 Å². The third-order valence-corrected chi connectivity index (χ3v) is 3.56. The number of nitrogens with zero attached hydrogens (tertiary/aromatic N) is 2.